The molecule has 7 nitrogen and oxygen atoms in total. The Hall–Kier alpha value is -4.63. The third kappa shape index (κ3) is 6.33. The highest BCUT2D eigenvalue weighted by Crippen LogP contribution is 2.40. The van der Waals surface area contributed by atoms with Crippen LogP contribution in [0, 0.1) is 5.82 Å². The Morgan fingerprint density at radius 3 is 2.64 bits per heavy atom. The molecule has 5 aromatic rings. The van der Waals surface area contributed by atoms with Crippen molar-refractivity contribution in [3.05, 3.63) is 142 Å². The minimum atomic E-state index is -1.16. The minimum absolute atomic E-state index is 0.0189. The van der Waals surface area contributed by atoms with E-state index in [-0.39, 0.29) is 19.5 Å². The molecule has 6 rings (SSSR count). The molecule has 0 radical (unpaired) electrons. The van der Waals surface area contributed by atoms with Crippen molar-refractivity contribution in [3.8, 4) is 0 Å². The lowest BCUT2D eigenvalue weighted by molar-refractivity contribution is -0.138. The molecule has 3 N–H and O–H groups in total. The van der Waals surface area contributed by atoms with Crippen molar-refractivity contribution in [2.45, 2.75) is 38.3 Å². The summed E-state index contributed by atoms with van der Waals surface area (Å²) in [6.07, 6.45) is -2.16. The van der Waals surface area contributed by atoms with E-state index in [1.54, 1.807) is 41.3 Å². The second kappa shape index (κ2) is 12.9. The fraction of sp³-hybridized carbons (Fsp3) is 0.171. The summed E-state index contributed by atoms with van der Waals surface area (Å²) in [5, 5.41) is 4.20. The van der Waals surface area contributed by atoms with Crippen LogP contribution in [0.4, 0.5) is 10.1 Å². The molecule has 2 amide bonds. The standard InChI is InChI=1S/C35H30ClFN4O3/c36-26-13-15-31-28(17-26)34(24-9-5-6-22(16-24)19-38)44-32(18-33(42)39-20-25-8-1-3-10-29(25)37)35(43)41(31)21-27-14-12-23-7-2-4-11-30(23)40-27/h1-17,32,34H,18-21,38H2,(H,39,42). The van der Waals surface area contributed by atoms with Gasteiger partial charge in [0.2, 0.25) is 5.91 Å². The van der Waals surface area contributed by atoms with Gasteiger partial charge in [0.05, 0.1) is 29.9 Å². The average Bonchev–Trinajstić information content (AvgIpc) is 3.14. The molecule has 1 aliphatic heterocycles. The number of aromatic nitrogens is 1. The highest BCUT2D eigenvalue weighted by molar-refractivity contribution is 6.30. The number of benzene rings is 4. The van der Waals surface area contributed by atoms with Crippen LogP contribution in [0.2, 0.25) is 5.02 Å². The summed E-state index contributed by atoms with van der Waals surface area (Å²) in [6.45, 7) is 0.447. The van der Waals surface area contributed by atoms with E-state index in [0.717, 1.165) is 22.0 Å². The van der Waals surface area contributed by atoms with Gasteiger partial charge in [0.25, 0.3) is 5.91 Å². The van der Waals surface area contributed by atoms with Crippen molar-refractivity contribution in [1.82, 2.24) is 10.3 Å². The molecule has 0 aliphatic carbocycles. The number of pyridine rings is 1. The van der Waals surface area contributed by atoms with E-state index in [1.807, 2.05) is 60.7 Å². The van der Waals surface area contributed by atoms with Crippen molar-refractivity contribution in [3.63, 3.8) is 0 Å². The van der Waals surface area contributed by atoms with E-state index in [4.69, 9.17) is 27.1 Å². The molecule has 2 unspecified atom stereocenters. The lowest BCUT2D eigenvalue weighted by Crippen LogP contribution is -2.42. The van der Waals surface area contributed by atoms with Gasteiger partial charge in [-0.2, -0.15) is 0 Å². The van der Waals surface area contributed by atoms with Gasteiger partial charge in [-0.05, 0) is 47.5 Å². The van der Waals surface area contributed by atoms with Crippen molar-refractivity contribution in [2.75, 3.05) is 4.90 Å². The number of nitrogens with two attached hydrogens (primary N) is 1. The fourth-order valence-electron chi connectivity index (χ4n) is 5.44. The summed E-state index contributed by atoms with van der Waals surface area (Å²) in [7, 11) is 0. The number of carbonyl (C=O) groups excluding carboxylic acids is 2. The maximum absolute atomic E-state index is 14.3. The van der Waals surface area contributed by atoms with Crippen molar-refractivity contribution in [1.29, 1.82) is 0 Å². The zero-order chi connectivity index (χ0) is 30.6. The van der Waals surface area contributed by atoms with Gasteiger partial charge in [-0.1, -0.05) is 78.3 Å². The Balaban J connectivity index is 1.38. The first-order valence-electron chi connectivity index (χ1n) is 14.3. The fourth-order valence-corrected chi connectivity index (χ4v) is 5.62. The first-order valence-corrected chi connectivity index (χ1v) is 14.7. The van der Waals surface area contributed by atoms with E-state index in [1.165, 1.54) is 6.07 Å². The molecule has 9 heteroatoms. The maximum atomic E-state index is 14.3. The number of nitrogens with zero attached hydrogens (tertiary/aromatic N) is 2. The molecule has 0 bridgehead atoms. The Labute approximate surface area is 259 Å². The molecule has 222 valence electrons. The highest BCUT2D eigenvalue weighted by Gasteiger charge is 2.38. The molecular formula is C35H30ClFN4O3. The molecule has 1 aromatic heterocycles. The number of hydrogen-bond acceptors (Lipinski definition) is 5. The zero-order valence-electron chi connectivity index (χ0n) is 23.8. The number of halogens is 2. The number of ether oxygens (including phenoxy) is 1. The van der Waals surface area contributed by atoms with Crippen LogP contribution in [0.15, 0.2) is 103 Å². The van der Waals surface area contributed by atoms with Gasteiger partial charge in [0.1, 0.15) is 18.0 Å². The lowest BCUT2D eigenvalue weighted by atomic mass is 9.97. The Morgan fingerprint density at radius 1 is 0.977 bits per heavy atom. The Bertz CT molecular complexity index is 1850. The first kappa shape index (κ1) is 29.4. The largest absolute Gasteiger partial charge is 0.355 e. The summed E-state index contributed by atoms with van der Waals surface area (Å²) in [4.78, 5) is 33.9. The summed E-state index contributed by atoms with van der Waals surface area (Å²) < 4.78 is 20.7. The Morgan fingerprint density at radius 2 is 1.80 bits per heavy atom. The Kier molecular flexibility index (Phi) is 8.65. The van der Waals surface area contributed by atoms with Gasteiger partial charge >= 0.3 is 0 Å². The van der Waals surface area contributed by atoms with Crippen LogP contribution in [0.25, 0.3) is 10.9 Å². The average molecular weight is 609 g/mol. The topological polar surface area (TPSA) is 97.5 Å². The molecule has 0 saturated carbocycles. The van der Waals surface area contributed by atoms with E-state index >= 15 is 0 Å². The number of amides is 2. The summed E-state index contributed by atoms with van der Waals surface area (Å²) in [6, 6.07) is 30.7. The molecule has 44 heavy (non-hydrogen) atoms. The van der Waals surface area contributed by atoms with Gasteiger partial charge in [0, 0.05) is 34.6 Å². The predicted molar refractivity (Wildman–Crippen MR) is 168 cm³/mol. The third-order valence-electron chi connectivity index (χ3n) is 7.67. The molecule has 1 aliphatic rings. The number of nitrogens with one attached hydrogen (secondary N) is 1. The van der Waals surface area contributed by atoms with Crippen LogP contribution >= 0.6 is 11.6 Å². The molecule has 2 heterocycles. The SMILES string of the molecule is NCc1cccc(C2OC(CC(=O)NCc3ccccc3F)C(=O)N(Cc3ccc4ccccc4n3)c3ccc(Cl)cc32)c1. The monoisotopic (exact) mass is 608 g/mol. The smallest absolute Gasteiger partial charge is 0.257 e. The van der Waals surface area contributed by atoms with Crippen LogP contribution in [0.3, 0.4) is 0 Å². The molecule has 4 aromatic carbocycles. The van der Waals surface area contributed by atoms with Gasteiger partial charge < -0.3 is 20.7 Å². The number of para-hydroxylation sites is 1. The van der Waals surface area contributed by atoms with Crippen molar-refractivity contribution in [2.24, 2.45) is 5.73 Å². The number of fused-ring (bicyclic) bond motifs is 2. The number of rotatable bonds is 8. The van der Waals surface area contributed by atoms with Crippen LogP contribution in [0.5, 0.6) is 0 Å². The van der Waals surface area contributed by atoms with Gasteiger partial charge in [-0.25, -0.2) is 4.39 Å². The zero-order valence-corrected chi connectivity index (χ0v) is 24.5. The second-order valence-electron chi connectivity index (χ2n) is 10.6. The molecule has 0 fully saturated rings. The quantitative estimate of drug-likeness (QED) is 0.218. The van der Waals surface area contributed by atoms with Crippen molar-refractivity contribution < 1.29 is 18.7 Å². The second-order valence-corrected chi connectivity index (χ2v) is 11.1. The predicted octanol–water partition coefficient (Wildman–Crippen LogP) is 6.21. The number of carbonyl (C=O) groups is 2. The maximum Gasteiger partial charge on any atom is 0.257 e. The van der Waals surface area contributed by atoms with E-state index in [9.17, 15) is 14.0 Å². The van der Waals surface area contributed by atoms with Crippen LogP contribution in [-0.2, 0) is 34.0 Å². The number of hydrogen-bond donors (Lipinski definition) is 2. The normalized spacial score (nSPS) is 16.4. The first-order chi connectivity index (χ1) is 21.4. The number of anilines is 1. The summed E-state index contributed by atoms with van der Waals surface area (Å²) in [5.41, 5.74) is 10.7. The van der Waals surface area contributed by atoms with Crippen LogP contribution in [-0.4, -0.2) is 22.9 Å². The third-order valence-corrected chi connectivity index (χ3v) is 7.91. The van der Waals surface area contributed by atoms with E-state index < -0.39 is 29.8 Å². The summed E-state index contributed by atoms with van der Waals surface area (Å²) in [5.74, 6) is -1.27. The van der Waals surface area contributed by atoms with Gasteiger partial charge in [-0.3, -0.25) is 14.6 Å². The van der Waals surface area contributed by atoms with Crippen LogP contribution < -0.4 is 16.0 Å². The van der Waals surface area contributed by atoms with E-state index in [0.29, 0.717) is 34.1 Å². The van der Waals surface area contributed by atoms with Crippen LogP contribution in [0.1, 0.15) is 40.5 Å². The lowest BCUT2D eigenvalue weighted by Gasteiger charge is -2.25. The highest BCUT2D eigenvalue weighted by atomic mass is 35.5. The van der Waals surface area contributed by atoms with E-state index in [2.05, 4.69) is 5.32 Å². The summed E-state index contributed by atoms with van der Waals surface area (Å²) >= 11 is 6.50. The molecular weight excluding hydrogens is 579 g/mol. The van der Waals surface area contributed by atoms with Crippen molar-refractivity contribution >= 4 is 40.0 Å². The van der Waals surface area contributed by atoms with Gasteiger partial charge in [-0.15, -0.1) is 0 Å². The molecule has 0 spiro atoms. The molecule has 2 atom stereocenters. The van der Waals surface area contributed by atoms with Gasteiger partial charge in [0.15, 0.2) is 0 Å². The molecule has 0 saturated heterocycles. The minimum Gasteiger partial charge on any atom is -0.355 e.